The third-order valence-corrected chi connectivity index (χ3v) is 1.81. The molecule has 1 rings (SSSR count). The summed E-state index contributed by atoms with van der Waals surface area (Å²) in [7, 11) is 0. The van der Waals surface area contributed by atoms with Gasteiger partial charge in [-0.05, 0) is 6.92 Å². The van der Waals surface area contributed by atoms with E-state index >= 15 is 0 Å². The third-order valence-electron chi connectivity index (χ3n) is 1.81. The molecule has 0 bridgehead atoms. The van der Waals surface area contributed by atoms with E-state index in [1.807, 2.05) is 0 Å². The quantitative estimate of drug-likeness (QED) is 0.358. The van der Waals surface area contributed by atoms with Gasteiger partial charge in [0.25, 0.3) is 0 Å². The van der Waals surface area contributed by atoms with Crippen LogP contribution in [0.3, 0.4) is 0 Å². The van der Waals surface area contributed by atoms with Gasteiger partial charge in [0.05, 0.1) is 12.2 Å². The maximum Gasteiger partial charge on any atom is 0.109 e. The number of ether oxygens (including phenoxy) is 1. The molecule has 0 radical (unpaired) electrons. The number of aliphatic hydroxyl groups is 3. The zero-order valence-corrected chi connectivity index (χ0v) is 6.04. The van der Waals surface area contributed by atoms with E-state index in [-0.39, 0.29) is 0 Å². The van der Waals surface area contributed by atoms with Gasteiger partial charge in [-0.2, -0.15) is 0 Å². The highest BCUT2D eigenvalue weighted by atomic mass is 16.6. The first-order valence-corrected chi connectivity index (χ1v) is 3.39. The van der Waals surface area contributed by atoms with Crippen molar-refractivity contribution in [1.29, 1.82) is 0 Å². The average molecular weight is 163 g/mol. The Hall–Kier alpha value is -0.200. The molecular formula is C6H11O5-. The molecule has 1 aliphatic rings. The molecule has 11 heavy (non-hydrogen) atoms. The van der Waals surface area contributed by atoms with E-state index in [2.05, 4.69) is 4.74 Å². The monoisotopic (exact) mass is 163 g/mol. The van der Waals surface area contributed by atoms with E-state index in [0.717, 1.165) is 0 Å². The van der Waals surface area contributed by atoms with Crippen LogP contribution in [0.15, 0.2) is 0 Å². The number of hydrogen-bond acceptors (Lipinski definition) is 5. The largest absolute Gasteiger partial charge is 0.829 e. The average Bonchev–Trinajstić information content (AvgIpc) is 1.97. The minimum absolute atomic E-state index is 0.726. The Bertz CT molecular complexity index is 125. The van der Waals surface area contributed by atoms with Crippen LogP contribution >= 0.6 is 0 Å². The Morgan fingerprint density at radius 3 is 2.18 bits per heavy atom. The second-order valence-corrected chi connectivity index (χ2v) is 2.68. The second kappa shape index (κ2) is 3.04. The van der Waals surface area contributed by atoms with Crippen LogP contribution < -0.4 is 5.11 Å². The molecule has 1 saturated heterocycles. The second-order valence-electron chi connectivity index (χ2n) is 2.68. The molecule has 0 spiro atoms. The molecule has 0 saturated carbocycles. The molecule has 0 aromatic rings. The molecule has 1 aliphatic heterocycles. The molecule has 0 aliphatic carbocycles. The van der Waals surface area contributed by atoms with Gasteiger partial charge in [-0.3, -0.25) is 0 Å². The summed E-state index contributed by atoms with van der Waals surface area (Å²) in [5.74, 6) is 0. The van der Waals surface area contributed by atoms with Crippen molar-refractivity contribution in [2.75, 3.05) is 0 Å². The summed E-state index contributed by atoms with van der Waals surface area (Å²) in [6, 6.07) is 0. The lowest BCUT2D eigenvalue weighted by atomic mass is 10.0. The molecular weight excluding hydrogens is 152 g/mol. The fraction of sp³-hybridized carbons (Fsp3) is 1.00. The Labute approximate surface area is 63.8 Å². The Kier molecular flexibility index (Phi) is 2.46. The van der Waals surface area contributed by atoms with E-state index in [1.54, 1.807) is 0 Å². The van der Waals surface area contributed by atoms with Gasteiger partial charge in [0.2, 0.25) is 0 Å². The van der Waals surface area contributed by atoms with Crippen LogP contribution in [0.4, 0.5) is 0 Å². The molecule has 1 fully saturated rings. The lowest BCUT2D eigenvalue weighted by Crippen LogP contribution is -2.60. The van der Waals surface area contributed by atoms with Crippen LogP contribution in [-0.2, 0) is 4.74 Å². The first-order chi connectivity index (χ1) is 5.04. The minimum atomic E-state index is -1.66. The molecule has 1 heterocycles. The number of rotatable bonds is 0. The van der Waals surface area contributed by atoms with E-state index in [0.29, 0.717) is 0 Å². The van der Waals surface area contributed by atoms with Crippen LogP contribution in [0.5, 0.6) is 0 Å². The Morgan fingerprint density at radius 2 is 1.64 bits per heavy atom. The number of aliphatic hydroxyl groups excluding tert-OH is 3. The van der Waals surface area contributed by atoms with Gasteiger partial charge in [0, 0.05) is 6.29 Å². The summed E-state index contributed by atoms with van der Waals surface area (Å²) in [5, 5.41) is 37.7. The van der Waals surface area contributed by atoms with Crippen molar-refractivity contribution < 1.29 is 25.2 Å². The van der Waals surface area contributed by atoms with E-state index in [4.69, 9.17) is 15.3 Å². The predicted octanol–water partition coefficient (Wildman–Crippen LogP) is -2.83. The molecule has 3 N–H and O–H groups in total. The van der Waals surface area contributed by atoms with E-state index < -0.39 is 30.7 Å². The molecule has 5 nitrogen and oxygen atoms in total. The first-order valence-electron chi connectivity index (χ1n) is 3.39. The van der Waals surface area contributed by atoms with Crippen molar-refractivity contribution >= 4 is 0 Å². The maximum atomic E-state index is 10.7. The molecule has 66 valence electrons. The summed E-state index contributed by atoms with van der Waals surface area (Å²) in [6.07, 6.45) is -6.52. The highest BCUT2D eigenvalue weighted by molar-refractivity contribution is 4.85. The molecule has 0 aromatic heterocycles. The SMILES string of the molecule is C[C@@H]1O[C@@H]([O-])[C@H](O)[C@H](O)[C@H]1O. The normalized spacial score (nSPS) is 52.6. The summed E-state index contributed by atoms with van der Waals surface area (Å²) in [4.78, 5) is 0. The highest BCUT2D eigenvalue weighted by Gasteiger charge is 2.36. The predicted molar refractivity (Wildman–Crippen MR) is 32.4 cm³/mol. The van der Waals surface area contributed by atoms with Crippen molar-refractivity contribution in [2.45, 2.75) is 37.6 Å². The first kappa shape index (κ1) is 8.89. The fourth-order valence-corrected chi connectivity index (χ4v) is 1.01. The van der Waals surface area contributed by atoms with Gasteiger partial charge < -0.3 is 25.2 Å². The highest BCUT2D eigenvalue weighted by Crippen LogP contribution is 2.17. The summed E-state index contributed by atoms with van der Waals surface area (Å²) in [5.41, 5.74) is 0. The summed E-state index contributed by atoms with van der Waals surface area (Å²) >= 11 is 0. The van der Waals surface area contributed by atoms with Gasteiger partial charge in [0.1, 0.15) is 12.2 Å². The maximum absolute atomic E-state index is 10.7. The van der Waals surface area contributed by atoms with Crippen LogP contribution in [0, 0.1) is 0 Å². The molecule has 0 unspecified atom stereocenters. The molecule has 0 amide bonds. The molecule has 5 atom stereocenters. The van der Waals surface area contributed by atoms with Crippen LogP contribution in [0.1, 0.15) is 6.92 Å². The van der Waals surface area contributed by atoms with Crippen molar-refractivity contribution in [3.05, 3.63) is 0 Å². The Morgan fingerprint density at radius 1 is 1.09 bits per heavy atom. The van der Waals surface area contributed by atoms with Gasteiger partial charge >= 0.3 is 0 Å². The summed E-state index contributed by atoms with van der Waals surface area (Å²) < 4.78 is 4.57. The fourth-order valence-electron chi connectivity index (χ4n) is 1.01. The van der Waals surface area contributed by atoms with Crippen molar-refractivity contribution in [2.24, 2.45) is 0 Å². The smallest absolute Gasteiger partial charge is 0.109 e. The summed E-state index contributed by atoms with van der Waals surface area (Å²) in [6.45, 7) is 1.46. The topological polar surface area (TPSA) is 93.0 Å². The van der Waals surface area contributed by atoms with Crippen LogP contribution in [0.2, 0.25) is 0 Å². The zero-order chi connectivity index (χ0) is 8.59. The van der Waals surface area contributed by atoms with Gasteiger partial charge in [-0.15, -0.1) is 0 Å². The van der Waals surface area contributed by atoms with Gasteiger partial charge in [-0.25, -0.2) is 0 Å². The minimum Gasteiger partial charge on any atom is -0.829 e. The standard InChI is InChI=1S/C6H11O5/c1-2-3(7)4(8)5(9)6(10)11-2/h2-9H,1H3/q-1/t2-,3-,4+,5+,6+/m0/s1. The van der Waals surface area contributed by atoms with Crippen LogP contribution in [0.25, 0.3) is 0 Å². The lowest BCUT2D eigenvalue weighted by Gasteiger charge is -2.42. The zero-order valence-electron chi connectivity index (χ0n) is 6.04. The van der Waals surface area contributed by atoms with Gasteiger partial charge in [0.15, 0.2) is 0 Å². The lowest BCUT2D eigenvalue weighted by molar-refractivity contribution is -0.531. The van der Waals surface area contributed by atoms with E-state index in [9.17, 15) is 5.11 Å². The van der Waals surface area contributed by atoms with Crippen molar-refractivity contribution in [1.82, 2.24) is 0 Å². The van der Waals surface area contributed by atoms with Crippen molar-refractivity contribution in [3.63, 3.8) is 0 Å². The van der Waals surface area contributed by atoms with E-state index in [1.165, 1.54) is 6.92 Å². The molecule has 0 aromatic carbocycles. The van der Waals surface area contributed by atoms with Crippen LogP contribution in [-0.4, -0.2) is 46.0 Å². The number of hydrogen-bond donors (Lipinski definition) is 3. The Balaban J connectivity index is 2.63. The van der Waals surface area contributed by atoms with Crippen molar-refractivity contribution in [3.8, 4) is 0 Å². The van der Waals surface area contributed by atoms with Gasteiger partial charge in [-0.1, -0.05) is 0 Å². The third kappa shape index (κ3) is 1.52. The molecule has 5 heteroatoms.